The molecule has 0 aromatic rings. The van der Waals surface area contributed by atoms with Gasteiger partial charge < -0.3 is 15.4 Å². The van der Waals surface area contributed by atoms with E-state index in [1.165, 1.54) is 0 Å². The van der Waals surface area contributed by atoms with Crippen LogP contribution in [0.2, 0.25) is 0 Å². The van der Waals surface area contributed by atoms with Crippen LogP contribution in [0.4, 0.5) is 0 Å². The molecule has 0 amide bonds. The molecule has 122 valence electrons. The molecule has 1 rings (SSSR count). The highest BCUT2D eigenvalue weighted by molar-refractivity contribution is 5.79. The topological polar surface area (TPSA) is 48.9 Å². The van der Waals surface area contributed by atoms with Gasteiger partial charge in [-0.3, -0.25) is 9.89 Å². The van der Waals surface area contributed by atoms with E-state index in [-0.39, 0.29) is 6.10 Å². The zero-order valence-corrected chi connectivity index (χ0v) is 14.1. The van der Waals surface area contributed by atoms with Gasteiger partial charge in [-0.2, -0.15) is 0 Å². The first kappa shape index (κ1) is 18.0. The lowest BCUT2D eigenvalue weighted by atomic mass is 10.2. The van der Waals surface area contributed by atoms with Crippen molar-refractivity contribution < 1.29 is 4.74 Å². The predicted molar refractivity (Wildman–Crippen MR) is 89.8 cm³/mol. The molecule has 0 radical (unpaired) electrons. The van der Waals surface area contributed by atoms with Gasteiger partial charge in [-0.15, -0.1) is 0 Å². The molecular weight excluding hydrogens is 264 g/mol. The van der Waals surface area contributed by atoms with Crippen LogP contribution in [-0.2, 0) is 4.74 Å². The van der Waals surface area contributed by atoms with E-state index in [0.29, 0.717) is 5.92 Å². The number of hydrogen-bond donors (Lipinski definition) is 2. The highest BCUT2D eigenvalue weighted by atomic mass is 16.5. The predicted octanol–water partition coefficient (Wildman–Crippen LogP) is 1.47. The number of morpholine rings is 1. The quantitative estimate of drug-likeness (QED) is 0.323. The normalized spacial score (nSPS) is 21.2. The Balaban J connectivity index is 2.25. The van der Waals surface area contributed by atoms with Gasteiger partial charge in [0.05, 0.1) is 12.7 Å². The van der Waals surface area contributed by atoms with E-state index in [2.05, 4.69) is 46.5 Å². The van der Waals surface area contributed by atoms with Gasteiger partial charge in [0.2, 0.25) is 0 Å². The van der Waals surface area contributed by atoms with E-state index < -0.39 is 0 Å². The Bertz CT molecular complexity index is 328. The Labute approximate surface area is 129 Å². The van der Waals surface area contributed by atoms with Crippen LogP contribution in [0.25, 0.3) is 0 Å². The van der Waals surface area contributed by atoms with Gasteiger partial charge in [0, 0.05) is 39.8 Å². The summed E-state index contributed by atoms with van der Waals surface area (Å²) >= 11 is 0. The Morgan fingerprint density at radius 1 is 1.43 bits per heavy atom. The second-order valence-corrected chi connectivity index (χ2v) is 5.88. The first-order valence-electron chi connectivity index (χ1n) is 8.05. The average molecular weight is 296 g/mol. The van der Waals surface area contributed by atoms with Crippen LogP contribution in [0.15, 0.2) is 17.1 Å². The number of aliphatic imine (C=N–C) groups is 1. The first-order chi connectivity index (χ1) is 10.2. The minimum atomic E-state index is 0.242. The number of nitrogens with zero attached hydrogens (tertiary/aromatic N) is 2. The van der Waals surface area contributed by atoms with E-state index in [9.17, 15) is 0 Å². The smallest absolute Gasteiger partial charge is 0.191 e. The van der Waals surface area contributed by atoms with E-state index in [1.54, 1.807) is 7.05 Å². The van der Waals surface area contributed by atoms with Gasteiger partial charge in [0.25, 0.3) is 0 Å². The fourth-order valence-electron chi connectivity index (χ4n) is 2.46. The molecule has 0 bridgehead atoms. The second-order valence-electron chi connectivity index (χ2n) is 5.88. The molecule has 21 heavy (non-hydrogen) atoms. The van der Waals surface area contributed by atoms with E-state index >= 15 is 0 Å². The van der Waals surface area contributed by atoms with Crippen LogP contribution < -0.4 is 10.6 Å². The summed E-state index contributed by atoms with van der Waals surface area (Å²) in [6, 6.07) is 0. The van der Waals surface area contributed by atoms with Crippen LogP contribution in [-0.4, -0.2) is 63.3 Å². The van der Waals surface area contributed by atoms with Gasteiger partial charge in [0.1, 0.15) is 0 Å². The Hall–Kier alpha value is -1.07. The molecule has 0 spiro atoms. The number of nitrogens with one attached hydrogen (secondary N) is 2. The largest absolute Gasteiger partial charge is 0.374 e. The monoisotopic (exact) mass is 296 g/mol. The van der Waals surface area contributed by atoms with Crippen molar-refractivity contribution in [2.75, 3.05) is 46.4 Å². The molecule has 5 heteroatoms. The summed E-state index contributed by atoms with van der Waals surface area (Å²) in [4.78, 5) is 6.73. The molecule has 1 atom stereocenters. The Kier molecular flexibility index (Phi) is 9.10. The summed E-state index contributed by atoms with van der Waals surface area (Å²) in [5.74, 6) is 1.56. The molecule has 0 aliphatic carbocycles. The lowest BCUT2D eigenvalue weighted by Crippen LogP contribution is -2.50. The molecule has 0 saturated carbocycles. The van der Waals surface area contributed by atoms with Crippen molar-refractivity contribution in [3.05, 3.63) is 12.2 Å². The fourth-order valence-corrected chi connectivity index (χ4v) is 2.46. The number of ether oxygens (including phenoxy) is 1. The fraction of sp³-hybridized carbons (Fsp3) is 0.812. The number of hydrogen-bond acceptors (Lipinski definition) is 3. The second kappa shape index (κ2) is 10.6. The van der Waals surface area contributed by atoms with Crippen molar-refractivity contribution in [3.63, 3.8) is 0 Å². The third-order valence-electron chi connectivity index (χ3n) is 3.41. The summed E-state index contributed by atoms with van der Waals surface area (Å²) in [7, 11) is 1.80. The Morgan fingerprint density at radius 3 is 2.90 bits per heavy atom. The Morgan fingerprint density at radius 2 is 2.24 bits per heavy atom. The van der Waals surface area contributed by atoms with Gasteiger partial charge >= 0.3 is 0 Å². The van der Waals surface area contributed by atoms with Crippen LogP contribution in [0.3, 0.4) is 0 Å². The minimum absolute atomic E-state index is 0.242. The average Bonchev–Trinajstić information content (AvgIpc) is 2.46. The van der Waals surface area contributed by atoms with Crippen molar-refractivity contribution >= 4 is 5.96 Å². The van der Waals surface area contributed by atoms with Gasteiger partial charge in [-0.05, 0) is 19.3 Å². The zero-order chi connectivity index (χ0) is 15.5. The number of rotatable bonds is 7. The summed E-state index contributed by atoms with van der Waals surface area (Å²) in [5, 5.41) is 6.66. The SMILES string of the molecule is CC=CCCNC(=NC)NCC1CN(CC(C)C)CCO1. The maximum absolute atomic E-state index is 5.83. The lowest BCUT2D eigenvalue weighted by Gasteiger charge is -2.34. The van der Waals surface area contributed by atoms with Gasteiger partial charge in [-0.25, -0.2) is 0 Å². The number of guanidine groups is 1. The standard InChI is InChI=1S/C16H32N4O/c1-5-6-7-8-18-16(17-4)19-11-15-13-20(9-10-21-15)12-14(2)3/h5-6,14-15H,7-13H2,1-4H3,(H2,17,18,19). The van der Waals surface area contributed by atoms with Crippen LogP contribution in [0.5, 0.6) is 0 Å². The molecule has 0 aromatic carbocycles. The molecule has 1 aliphatic heterocycles. The van der Waals surface area contributed by atoms with E-state index in [1.807, 2.05) is 6.92 Å². The van der Waals surface area contributed by atoms with Crippen LogP contribution in [0.1, 0.15) is 27.2 Å². The summed E-state index contributed by atoms with van der Waals surface area (Å²) < 4.78 is 5.83. The first-order valence-corrected chi connectivity index (χ1v) is 8.05. The minimum Gasteiger partial charge on any atom is -0.374 e. The lowest BCUT2D eigenvalue weighted by molar-refractivity contribution is -0.0284. The maximum Gasteiger partial charge on any atom is 0.191 e. The highest BCUT2D eigenvalue weighted by Gasteiger charge is 2.20. The molecule has 1 saturated heterocycles. The maximum atomic E-state index is 5.83. The molecule has 5 nitrogen and oxygen atoms in total. The van der Waals surface area contributed by atoms with Crippen molar-refractivity contribution in [3.8, 4) is 0 Å². The highest BCUT2D eigenvalue weighted by Crippen LogP contribution is 2.07. The van der Waals surface area contributed by atoms with Crippen molar-refractivity contribution in [1.29, 1.82) is 0 Å². The molecule has 1 heterocycles. The zero-order valence-electron chi connectivity index (χ0n) is 14.1. The summed E-state index contributed by atoms with van der Waals surface area (Å²) in [6.45, 7) is 12.3. The van der Waals surface area contributed by atoms with Crippen LogP contribution in [0, 0.1) is 5.92 Å². The molecule has 1 aliphatic rings. The van der Waals surface area contributed by atoms with E-state index in [0.717, 1.165) is 51.7 Å². The van der Waals surface area contributed by atoms with Crippen LogP contribution >= 0.6 is 0 Å². The van der Waals surface area contributed by atoms with Crippen molar-refractivity contribution in [2.24, 2.45) is 10.9 Å². The van der Waals surface area contributed by atoms with Gasteiger partial charge in [0.15, 0.2) is 5.96 Å². The van der Waals surface area contributed by atoms with Gasteiger partial charge in [-0.1, -0.05) is 26.0 Å². The molecule has 0 aromatic heterocycles. The molecular formula is C16H32N4O. The third-order valence-corrected chi connectivity index (χ3v) is 3.41. The molecule has 2 N–H and O–H groups in total. The molecule has 1 fully saturated rings. The number of allylic oxidation sites excluding steroid dienone is 1. The molecule has 1 unspecified atom stereocenters. The van der Waals surface area contributed by atoms with Crippen molar-refractivity contribution in [2.45, 2.75) is 33.3 Å². The van der Waals surface area contributed by atoms with E-state index in [4.69, 9.17) is 4.74 Å². The summed E-state index contributed by atoms with van der Waals surface area (Å²) in [5.41, 5.74) is 0. The van der Waals surface area contributed by atoms with Crippen molar-refractivity contribution in [1.82, 2.24) is 15.5 Å². The third kappa shape index (κ3) is 8.07. The summed E-state index contributed by atoms with van der Waals surface area (Å²) in [6.07, 6.45) is 5.47.